The maximum Gasteiger partial charge on any atom is 0.165 e. The van der Waals surface area contributed by atoms with E-state index < -0.39 is 0 Å². The van der Waals surface area contributed by atoms with Crippen LogP contribution in [0.2, 0.25) is 0 Å². The number of morpholine rings is 1. The van der Waals surface area contributed by atoms with Crippen molar-refractivity contribution in [1.29, 1.82) is 0 Å². The van der Waals surface area contributed by atoms with Crippen LogP contribution >= 0.6 is 0 Å². The molecule has 2 aliphatic heterocycles. The molecule has 1 aromatic carbocycles. The summed E-state index contributed by atoms with van der Waals surface area (Å²) in [6.07, 6.45) is 0.587. The van der Waals surface area contributed by atoms with Crippen LogP contribution in [-0.2, 0) is 11.3 Å². The third kappa shape index (κ3) is 4.01. The van der Waals surface area contributed by atoms with E-state index in [0.717, 1.165) is 44.8 Å². The Labute approximate surface area is 136 Å². The summed E-state index contributed by atoms with van der Waals surface area (Å²) in [4.78, 5) is 4.56. The maximum atomic E-state index is 13.5. The number of halogens is 1. The second kappa shape index (κ2) is 7.57. The smallest absolute Gasteiger partial charge is 0.165 e. The first-order valence-electron chi connectivity index (χ1n) is 8.22. The van der Waals surface area contributed by atoms with Gasteiger partial charge in [0, 0.05) is 38.8 Å². The summed E-state index contributed by atoms with van der Waals surface area (Å²) in [5, 5.41) is 10.5. The molecule has 0 saturated carbocycles. The molecule has 5 nitrogen and oxygen atoms in total. The predicted octanol–water partition coefficient (Wildman–Crippen LogP) is 1.10. The van der Waals surface area contributed by atoms with Gasteiger partial charge in [0.15, 0.2) is 11.6 Å². The number of hydrogen-bond acceptors (Lipinski definition) is 5. The lowest BCUT2D eigenvalue weighted by Crippen LogP contribution is -2.56. The highest BCUT2D eigenvalue weighted by molar-refractivity contribution is 5.30. The monoisotopic (exact) mass is 324 g/mol. The molecule has 0 amide bonds. The zero-order valence-corrected chi connectivity index (χ0v) is 13.6. The molecule has 0 bridgehead atoms. The molecule has 2 heterocycles. The number of ether oxygens (including phenoxy) is 2. The Bertz CT molecular complexity index is 523. The number of rotatable bonds is 4. The van der Waals surface area contributed by atoms with E-state index in [-0.39, 0.29) is 23.7 Å². The fourth-order valence-electron chi connectivity index (χ4n) is 3.52. The van der Waals surface area contributed by atoms with E-state index in [2.05, 4.69) is 9.80 Å². The molecule has 6 heteroatoms. The molecule has 0 spiro atoms. The Hall–Kier alpha value is -1.21. The van der Waals surface area contributed by atoms with Crippen LogP contribution in [0.3, 0.4) is 0 Å². The van der Waals surface area contributed by atoms with Crippen LogP contribution in [0.5, 0.6) is 5.75 Å². The van der Waals surface area contributed by atoms with E-state index >= 15 is 0 Å². The van der Waals surface area contributed by atoms with Gasteiger partial charge in [-0.1, -0.05) is 6.07 Å². The number of β-amino-alcohol motifs (C(OH)–C–C–N with tert-alkyl or cyclic N) is 1. The summed E-state index contributed by atoms with van der Waals surface area (Å²) < 4.78 is 23.9. The lowest BCUT2D eigenvalue weighted by Gasteiger charge is -2.43. The van der Waals surface area contributed by atoms with Crippen molar-refractivity contribution >= 4 is 0 Å². The van der Waals surface area contributed by atoms with Gasteiger partial charge in [0.1, 0.15) is 0 Å². The van der Waals surface area contributed by atoms with Crippen LogP contribution in [0.15, 0.2) is 18.2 Å². The zero-order valence-electron chi connectivity index (χ0n) is 13.6. The van der Waals surface area contributed by atoms with Crippen LogP contribution in [0.1, 0.15) is 12.0 Å². The molecule has 0 aliphatic carbocycles. The Morgan fingerprint density at radius 1 is 1.30 bits per heavy atom. The molecular formula is C17H25FN2O3. The van der Waals surface area contributed by atoms with Gasteiger partial charge in [0.2, 0.25) is 0 Å². The Morgan fingerprint density at radius 3 is 2.78 bits per heavy atom. The first-order chi connectivity index (χ1) is 11.2. The van der Waals surface area contributed by atoms with Gasteiger partial charge < -0.3 is 14.6 Å². The molecule has 0 aromatic heterocycles. The van der Waals surface area contributed by atoms with Crippen molar-refractivity contribution in [2.45, 2.75) is 25.1 Å². The first kappa shape index (κ1) is 16.6. The second-order valence-electron chi connectivity index (χ2n) is 6.28. The van der Waals surface area contributed by atoms with Gasteiger partial charge >= 0.3 is 0 Å². The number of aliphatic hydroxyl groups excluding tert-OH is 1. The average Bonchev–Trinajstić information content (AvgIpc) is 2.57. The van der Waals surface area contributed by atoms with Gasteiger partial charge in [0.05, 0.1) is 26.4 Å². The molecule has 3 rings (SSSR count). The van der Waals surface area contributed by atoms with Crippen LogP contribution in [0.25, 0.3) is 0 Å². The van der Waals surface area contributed by atoms with Crippen LogP contribution in [-0.4, -0.2) is 73.6 Å². The van der Waals surface area contributed by atoms with E-state index in [0.29, 0.717) is 13.1 Å². The fraction of sp³-hybridized carbons (Fsp3) is 0.647. The molecule has 2 atom stereocenters. The molecule has 1 aromatic rings. The number of nitrogens with zero attached hydrogens (tertiary/aromatic N) is 2. The van der Waals surface area contributed by atoms with Gasteiger partial charge in [-0.3, -0.25) is 9.80 Å². The third-order valence-electron chi connectivity index (χ3n) is 4.77. The van der Waals surface area contributed by atoms with Crippen molar-refractivity contribution in [3.63, 3.8) is 0 Å². The van der Waals surface area contributed by atoms with Crippen molar-refractivity contribution in [3.8, 4) is 5.75 Å². The van der Waals surface area contributed by atoms with Crippen molar-refractivity contribution in [2.75, 3.05) is 46.5 Å². The van der Waals surface area contributed by atoms with Gasteiger partial charge in [-0.05, 0) is 24.1 Å². The number of aliphatic hydroxyl groups is 1. The standard InChI is InChI=1S/C17H25FN2O3/c1-22-17-10-13(2-3-14(17)18)11-19-5-4-15(16(21)12-19)20-6-8-23-9-7-20/h2-3,10,15-16,21H,4-9,11-12H2,1H3/t15-,16-/m1/s1. The lowest BCUT2D eigenvalue weighted by molar-refractivity contribution is -0.0534. The lowest BCUT2D eigenvalue weighted by atomic mass is 9.99. The minimum absolute atomic E-state index is 0.220. The molecule has 128 valence electrons. The fourth-order valence-corrected chi connectivity index (χ4v) is 3.52. The molecule has 0 unspecified atom stereocenters. The van der Waals surface area contributed by atoms with E-state index in [1.54, 1.807) is 12.1 Å². The topological polar surface area (TPSA) is 45.2 Å². The third-order valence-corrected chi connectivity index (χ3v) is 4.77. The zero-order chi connectivity index (χ0) is 16.2. The molecule has 0 radical (unpaired) electrons. The van der Waals surface area contributed by atoms with Crippen LogP contribution in [0, 0.1) is 5.82 Å². The first-order valence-corrected chi connectivity index (χ1v) is 8.22. The summed E-state index contributed by atoms with van der Waals surface area (Å²) in [5.41, 5.74) is 1.00. The SMILES string of the molecule is COc1cc(CN2CC[C@@H](N3CCOCC3)[C@H](O)C2)ccc1F. The van der Waals surface area contributed by atoms with Crippen molar-refractivity contribution in [2.24, 2.45) is 0 Å². The Morgan fingerprint density at radius 2 is 2.09 bits per heavy atom. The van der Waals surface area contributed by atoms with Crippen LogP contribution < -0.4 is 4.74 Å². The quantitative estimate of drug-likeness (QED) is 0.899. The normalized spacial score (nSPS) is 27.1. The highest BCUT2D eigenvalue weighted by Gasteiger charge is 2.32. The van der Waals surface area contributed by atoms with E-state index in [1.807, 2.05) is 0 Å². The van der Waals surface area contributed by atoms with Gasteiger partial charge in [-0.2, -0.15) is 0 Å². The summed E-state index contributed by atoms with van der Waals surface area (Å²) in [6.45, 7) is 5.57. The summed E-state index contributed by atoms with van der Waals surface area (Å²) in [6, 6.07) is 5.16. The summed E-state index contributed by atoms with van der Waals surface area (Å²) in [5.74, 6) is -0.0754. The number of methoxy groups -OCH3 is 1. The number of benzene rings is 1. The largest absolute Gasteiger partial charge is 0.494 e. The Kier molecular flexibility index (Phi) is 5.48. The predicted molar refractivity (Wildman–Crippen MR) is 85.0 cm³/mol. The highest BCUT2D eigenvalue weighted by atomic mass is 19.1. The minimum atomic E-state index is -0.357. The maximum absolute atomic E-state index is 13.5. The van der Waals surface area contributed by atoms with Crippen molar-refractivity contribution in [1.82, 2.24) is 9.80 Å². The molecule has 23 heavy (non-hydrogen) atoms. The molecular weight excluding hydrogens is 299 g/mol. The van der Waals surface area contributed by atoms with Gasteiger partial charge in [0.25, 0.3) is 0 Å². The van der Waals surface area contributed by atoms with E-state index in [1.165, 1.54) is 13.2 Å². The second-order valence-corrected chi connectivity index (χ2v) is 6.28. The van der Waals surface area contributed by atoms with Crippen LogP contribution in [0.4, 0.5) is 4.39 Å². The Balaban J connectivity index is 1.57. The summed E-state index contributed by atoms with van der Waals surface area (Å²) in [7, 11) is 1.47. The van der Waals surface area contributed by atoms with Crippen molar-refractivity contribution < 1.29 is 19.0 Å². The number of hydrogen-bond donors (Lipinski definition) is 1. The number of piperidine rings is 1. The van der Waals surface area contributed by atoms with Crippen molar-refractivity contribution in [3.05, 3.63) is 29.6 Å². The van der Waals surface area contributed by atoms with E-state index in [4.69, 9.17) is 9.47 Å². The van der Waals surface area contributed by atoms with Gasteiger partial charge in [-0.25, -0.2) is 4.39 Å². The summed E-state index contributed by atoms with van der Waals surface area (Å²) >= 11 is 0. The van der Waals surface area contributed by atoms with E-state index in [9.17, 15) is 9.50 Å². The molecule has 1 N–H and O–H groups in total. The molecule has 2 fully saturated rings. The molecule has 2 saturated heterocycles. The minimum Gasteiger partial charge on any atom is -0.494 e. The highest BCUT2D eigenvalue weighted by Crippen LogP contribution is 2.23. The number of likely N-dealkylation sites (tertiary alicyclic amines) is 1. The molecule has 2 aliphatic rings. The van der Waals surface area contributed by atoms with Gasteiger partial charge in [-0.15, -0.1) is 0 Å². The average molecular weight is 324 g/mol.